The minimum Gasteiger partial charge on any atom is -0.478 e. The van der Waals surface area contributed by atoms with Crippen LogP contribution in [-0.2, 0) is 11.3 Å². The summed E-state index contributed by atoms with van der Waals surface area (Å²) in [7, 11) is 0. The average molecular weight is 274 g/mol. The van der Waals surface area contributed by atoms with E-state index in [9.17, 15) is 9.59 Å². The highest BCUT2D eigenvalue weighted by atomic mass is 16.4. The first-order valence-corrected chi connectivity index (χ1v) is 5.97. The second kappa shape index (κ2) is 5.92. The molecule has 0 saturated heterocycles. The van der Waals surface area contributed by atoms with Crippen LogP contribution in [0.15, 0.2) is 41.0 Å². The van der Waals surface area contributed by atoms with E-state index in [1.54, 1.807) is 30.5 Å². The SMILES string of the molecule is CC(=O)Nc1ccc(C(=O)O)c(NCc2ccco2)c1. The number of carboxylic acids is 1. The van der Waals surface area contributed by atoms with E-state index in [0.717, 1.165) is 0 Å². The lowest BCUT2D eigenvalue weighted by atomic mass is 10.1. The monoisotopic (exact) mass is 274 g/mol. The van der Waals surface area contributed by atoms with Gasteiger partial charge in [-0.25, -0.2) is 4.79 Å². The van der Waals surface area contributed by atoms with E-state index in [1.807, 2.05) is 0 Å². The molecule has 1 aromatic carbocycles. The van der Waals surface area contributed by atoms with Crippen LogP contribution in [0.25, 0.3) is 0 Å². The number of carbonyl (C=O) groups excluding carboxylic acids is 1. The van der Waals surface area contributed by atoms with Gasteiger partial charge in [0.15, 0.2) is 0 Å². The van der Waals surface area contributed by atoms with Gasteiger partial charge in [0.1, 0.15) is 5.76 Å². The Hall–Kier alpha value is -2.76. The molecule has 0 fully saturated rings. The zero-order chi connectivity index (χ0) is 14.5. The van der Waals surface area contributed by atoms with Gasteiger partial charge in [0.25, 0.3) is 0 Å². The molecule has 0 bridgehead atoms. The molecule has 6 nitrogen and oxygen atoms in total. The quantitative estimate of drug-likeness (QED) is 0.779. The molecule has 0 atom stereocenters. The second-order valence-corrected chi connectivity index (χ2v) is 4.18. The summed E-state index contributed by atoms with van der Waals surface area (Å²) in [6.45, 7) is 1.75. The van der Waals surface area contributed by atoms with Gasteiger partial charge in [-0.05, 0) is 30.3 Å². The van der Waals surface area contributed by atoms with Crippen LogP contribution in [0, 0.1) is 0 Å². The van der Waals surface area contributed by atoms with E-state index in [-0.39, 0.29) is 11.5 Å². The predicted molar refractivity (Wildman–Crippen MR) is 73.7 cm³/mol. The summed E-state index contributed by atoms with van der Waals surface area (Å²) in [4.78, 5) is 22.2. The van der Waals surface area contributed by atoms with Crippen molar-refractivity contribution in [3.05, 3.63) is 47.9 Å². The first-order valence-electron chi connectivity index (χ1n) is 5.97. The molecule has 20 heavy (non-hydrogen) atoms. The number of anilines is 2. The maximum absolute atomic E-state index is 11.2. The Balaban J connectivity index is 2.22. The molecular weight excluding hydrogens is 260 g/mol. The third-order valence-corrected chi connectivity index (χ3v) is 2.60. The molecule has 1 amide bonds. The molecule has 104 valence electrons. The lowest BCUT2D eigenvalue weighted by Gasteiger charge is -2.11. The van der Waals surface area contributed by atoms with Crippen molar-refractivity contribution in [1.82, 2.24) is 0 Å². The van der Waals surface area contributed by atoms with Crippen LogP contribution in [-0.4, -0.2) is 17.0 Å². The van der Waals surface area contributed by atoms with Gasteiger partial charge in [-0.2, -0.15) is 0 Å². The first kappa shape index (κ1) is 13.7. The fourth-order valence-corrected chi connectivity index (χ4v) is 1.75. The molecule has 0 aliphatic carbocycles. The fraction of sp³-hybridized carbons (Fsp3) is 0.143. The van der Waals surface area contributed by atoms with Crippen molar-refractivity contribution in [2.24, 2.45) is 0 Å². The number of nitrogens with one attached hydrogen (secondary N) is 2. The summed E-state index contributed by atoms with van der Waals surface area (Å²) < 4.78 is 5.17. The molecule has 0 radical (unpaired) electrons. The van der Waals surface area contributed by atoms with Crippen molar-refractivity contribution in [2.45, 2.75) is 13.5 Å². The van der Waals surface area contributed by atoms with Crippen LogP contribution in [0.2, 0.25) is 0 Å². The average Bonchev–Trinajstić information content (AvgIpc) is 2.88. The molecule has 0 unspecified atom stereocenters. The van der Waals surface area contributed by atoms with Crippen LogP contribution in [0.1, 0.15) is 23.0 Å². The molecule has 1 aromatic heterocycles. The van der Waals surface area contributed by atoms with E-state index in [2.05, 4.69) is 10.6 Å². The number of carboxylic acid groups (broad SMARTS) is 1. The van der Waals surface area contributed by atoms with Gasteiger partial charge in [0, 0.05) is 12.6 Å². The van der Waals surface area contributed by atoms with Crippen molar-refractivity contribution in [1.29, 1.82) is 0 Å². The molecule has 0 spiro atoms. The molecular formula is C14H14N2O4. The predicted octanol–water partition coefficient (Wildman–Crippen LogP) is 2.55. The molecule has 2 rings (SSSR count). The number of benzene rings is 1. The lowest BCUT2D eigenvalue weighted by molar-refractivity contribution is -0.114. The maximum atomic E-state index is 11.2. The summed E-state index contributed by atoms with van der Waals surface area (Å²) in [6, 6.07) is 8.10. The number of hydrogen-bond acceptors (Lipinski definition) is 4. The minimum absolute atomic E-state index is 0.130. The van der Waals surface area contributed by atoms with Gasteiger partial charge in [0.2, 0.25) is 5.91 Å². The summed E-state index contributed by atoms with van der Waals surface area (Å²) >= 11 is 0. The van der Waals surface area contributed by atoms with E-state index < -0.39 is 5.97 Å². The first-order chi connectivity index (χ1) is 9.56. The van der Waals surface area contributed by atoms with Gasteiger partial charge in [0.05, 0.1) is 24.1 Å². The Labute approximate surface area is 115 Å². The van der Waals surface area contributed by atoms with Crippen LogP contribution >= 0.6 is 0 Å². The zero-order valence-electron chi connectivity index (χ0n) is 10.8. The summed E-state index contributed by atoms with van der Waals surface area (Å²) in [5, 5.41) is 14.7. The van der Waals surface area contributed by atoms with Gasteiger partial charge in [-0.3, -0.25) is 4.79 Å². The van der Waals surface area contributed by atoms with E-state index >= 15 is 0 Å². The van der Waals surface area contributed by atoms with E-state index in [4.69, 9.17) is 9.52 Å². The van der Waals surface area contributed by atoms with Gasteiger partial charge >= 0.3 is 5.97 Å². The highest BCUT2D eigenvalue weighted by Gasteiger charge is 2.11. The normalized spacial score (nSPS) is 10.1. The smallest absolute Gasteiger partial charge is 0.337 e. The largest absolute Gasteiger partial charge is 0.478 e. The lowest BCUT2D eigenvalue weighted by Crippen LogP contribution is -2.09. The number of carbonyl (C=O) groups is 2. The number of aromatic carboxylic acids is 1. The molecule has 2 aromatic rings. The number of rotatable bonds is 5. The third-order valence-electron chi connectivity index (χ3n) is 2.60. The molecule has 6 heteroatoms. The molecule has 3 N–H and O–H groups in total. The topological polar surface area (TPSA) is 91.6 Å². The maximum Gasteiger partial charge on any atom is 0.337 e. The summed E-state index contributed by atoms with van der Waals surface area (Å²) in [6.07, 6.45) is 1.54. The Kier molecular flexibility index (Phi) is 4.05. The standard InChI is InChI=1S/C14H14N2O4/c1-9(17)16-10-4-5-12(14(18)19)13(7-10)15-8-11-3-2-6-20-11/h2-7,15H,8H2,1H3,(H,16,17)(H,18,19). The third kappa shape index (κ3) is 3.38. The highest BCUT2D eigenvalue weighted by Crippen LogP contribution is 2.22. The second-order valence-electron chi connectivity index (χ2n) is 4.18. The Morgan fingerprint density at radius 3 is 2.70 bits per heavy atom. The van der Waals surface area contributed by atoms with Crippen LogP contribution in [0.5, 0.6) is 0 Å². The number of amides is 1. The Bertz CT molecular complexity index is 620. The minimum atomic E-state index is -1.04. The fourth-order valence-electron chi connectivity index (χ4n) is 1.75. The molecule has 0 saturated carbocycles. The molecule has 0 aliphatic heterocycles. The highest BCUT2D eigenvalue weighted by molar-refractivity contribution is 5.96. The Morgan fingerprint density at radius 2 is 2.10 bits per heavy atom. The molecule has 0 aliphatic rings. The number of furan rings is 1. The Morgan fingerprint density at radius 1 is 1.30 bits per heavy atom. The summed E-state index contributed by atoms with van der Waals surface area (Å²) in [5.41, 5.74) is 1.08. The van der Waals surface area contributed by atoms with Crippen molar-refractivity contribution in [2.75, 3.05) is 10.6 Å². The van der Waals surface area contributed by atoms with Gasteiger partial charge in [-0.1, -0.05) is 0 Å². The summed E-state index contributed by atoms with van der Waals surface area (Å²) in [5.74, 6) is -0.572. The zero-order valence-corrected chi connectivity index (χ0v) is 10.8. The van der Waals surface area contributed by atoms with Gasteiger partial charge in [-0.15, -0.1) is 0 Å². The van der Waals surface area contributed by atoms with Crippen LogP contribution < -0.4 is 10.6 Å². The van der Waals surface area contributed by atoms with Crippen molar-refractivity contribution in [3.8, 4) is 0 Å². The van der Waals surface area contributed by atoms with Crippen molar-refractivity contribution in [3.63, 3.8) is 0 Å². The van der Waals surface area contributed by atoms with E-state index in [0.29, 0.717) is 23.7 Å². The van der Waals surface area contributed by atoms with Crippen molar-refractivity contribution < 1.29 is 19.1 Å². The van der Waals surface area contributed by atoms with Crippen LogP contribution in [0.4, 0.5) is 11.4 Å². The van der Waals surface area contributed by atoms with Crippen LogP contribution in [0.3, 0.4) is 0 Å². The molecule has 1 heterocycles. The van der Waals surface area contributed by atoms with Gasteiger partial charge < -0.3 is 20.2 Å². The number of hydrogen-bond donors (Lipinski definition) is 3. The van der Waals surface area contributed by atoms with Crippen molar-refractivity contribution >= 4 is 23.3 Å². The van der Waals surface area contributed by atoms with E-state index in [1.165, 1.54) is 13.0 Å².